The number of amides is 1. The Morgan fingerprint density at radius 2 is 1.81 bits per heavy atom. The van der Waals surface area contributed by atoms with Gasteiger partial charge in [-0.15, -0.1) is 0 Å². The number of aliphatic hydroxyl groups excluding tert-OH is 1. The molecule has 0 saturated heterocycles. The Hall–Kier alpha value is -2.34. The molecule has 0 saturated carbocycles. The van der Waals surface area contributed by atoms with E-state index in [4.69, 9.17) is 5.11 Å². The fourth-order valence-electron chi connectivity index (χ4n) is 1.65. The minimum Gasteiger partial charge on any atom is -0.480 e. The van der Waals surface area contributed by atoms with Crippen LogP contribution in [0.15, 0.2) is 30.3 Å². The Morgan fingerprint density at radius 1 is 1.24 bits per heavy atom. The molecule has 0 radical (unpaired) electrons. The molecule has 2 atom stereocenters. The van der Waals surface area contributed by atoms with Crippen LogP contribution in [0.5, 0.6) is 0 Å². The van der Waals surface area contributed by atoms with E-state index in [1.54, 1.807) is 6.08 Å². The number of carbonyl (C=O) groups excluding carboxylic acids is 1. The highest BCUT2D eigenvalue weighted by molar-refractivity contribution is 5.94. The molecule has 0 heterocycles. The Kier molecular flexibility index (Phi) is 5.92. The molecule has 6 nitrogen and oxygen atoms in total. The predicted octanol–water partition coefficient (Wildman–Crippen LogP) is 0.716. The van der Waals surface area contributed by atoms with Crippen molar-refractivity contribution in [3.8, 4) is 0 Å². The molecule has 6 heteroatoms. The summed E-state index contributed by atoms with van der Waals surface area (Å²) in [6.45, 7) is 1.31. The maximum absolute atomic E-state index is 11.6. The first-order chi connectivity index (χ1) is 9.81. The zero-order chi connectivity index (χ0) is 16.0. The minimum absolute atomic E-state index is 0.569. The van der Waals surface area contributed by atoms with Crippen molar-refractivity contribution in [3.63, 3.8) is 0 Å². The lowest BCUT2D eigenvalue weighted by Crippen LogP contribution is -2.47. The summed E-state index contributed by atoms with van der Waals surface area (Å²) < 4.78 is 0. The first-order valence-electron chi connectivity index (χ1n) is 6.48. The van der Waals surface area contributed by atoms with Crippen molar-refractivity contribution in [1.82, 2.24) is 5.32 Å². The number of hydrogen-bond acceptors (Lipinski definition) is 4. The Balaban J connectivity index is 2.67. The number of carboxylic acids is 1. The van der Waals surface area contributed by atoms with Gasteiger partial charge in [-0.25, -0.2) is 4.79 Å². The van der Waals surface area contributed by atoms with E-state index in [1.165, 1.54) is 13.0 Å². The molecule has 21 heavy (non-hydrogen) atoms. The van der Waals surface area contributed by atoms with E-state index in [9.17, 15) is 14.7 Å². The molecule has 0 aliphatic heterocycles. The number of rotatable bonds is 6. The van der Waals surface area contributed by atoms with Crippen LogP contribution in [0.3, 0.4) is 0 Å². The van der Waals surface area contributed by atoms with Gasteiger partial charge in [0.1, 0.15) is 0 Å². The highest BCUT2D eigenvalue weighted by Gasteiger charge is 2.23. The minimum atomic E-state index is -1.32. The molecule has 0 fully saturated rings. The molecule has 1 amide bonds. The topological polar surface area (TPSA) is 89.9 Å². The van der Waals surface area contributed by atoms with Crippen LogP contribution in [0.2, 0.25) is 0 Å². The summed E-state index contributed by atoms with van der Waals surface area (Å²) in [4.78, 5) is 24.4. The number of carbonyl (C=O) groups is 2. The molecule has 3 N–H and O–H groups in total. The number of anilines is 1. The number of nitrogens with one attached hydrogen (secondary N) is 1. The summed E-state index contributed by atoms with van der Waals surface area (Å²) in [5.41, 5.74) is 1.86. The van der Waals surface area contributed by atoms with Gasteiger partial charge < -0.3 is 20.4 Å². The van der Waals surface area contributed by atoms with Gasteiger partial charge in [0.05, 0.1) is 6.10 Å². The maximum Gasteiger partial charge on any atom is 0.328 e. The number of carboxylic acid groups (broad SMARTS) is 1. The quantitative estimate of drug-likeness (QED) is 0.672. The molecule has 114 valence electrons. The van der Waals surface area contributed by atoms with E-state index in [1.807, 2.05) is 43.3 Å². The molecule has 0 unspecified atom stereocenters. The smallest absolute Gasteiger partial charge is 0.328 e. The van der Waals surface area contributed by atoms with Crippen LogP contribution in [0.1, 0.15) is 12.5 Å². The average molecular weight is 292 g/mol. The van der Waals surface area contributed by atoms with Crippen molar-refractivity contribution < 1.29 is 19.8 Å². The predicted molar refractivity (Wildman–Crippen MR) is 81.1 cm³/mol. The van der Waals surface area contributed by atoms with E-state index in [2.05, 4.69) is 5.32 Å². The molecule has 0 aliphatic rings. The van der Waals surface area contributed by atoms with E-state index in [-0.39, 0.29) is 0 Å². The summed E-state index contributed by atoms with van der Waals surface area (Å²) in [7, 11) is 3.86. The van der Waals surface area contributed by atoms with Gasteiger partial charge in [-0.3, -0.25) is 4.79 Å². The summed E-state index contributed by atoms with van der Waals surface area (Å²) in [5.74, 6) is -1.85. The van der Waals surface area contributed by atoms with Crippen molar-refractivity contribution in [1.29, 1.82) is 0 Å². The fraction of sp³-hybridized carbons (Fsp3) is 0.333. The van der Waals surface area contributed by atoms with Crippen LogP contribution >= 0.6 is 0 Å². The number of aliphatic hydroxyl groups is 1. The second-order valence-corrected chi connectivity index (χ2v) is 4.88. The van der Waals surface area contributed by atoms with E-state index in [0.29, 0.717) is 0 Å². The molecule has 0 bridgehead atoms. The van der Waals surface area contributed by atoms with Gasteiger partial charge in [0.15, 0.2) is 6.04 Å². The maximum atomic E-state index is 11.6. The normalized spacial score (nSPS) is 13.7. The highest BCUT2D eigenvalue weighted by Crippen LogP contribution is 2.13. The third-order valence-corrected chi connectivity index (χ3v) is 2.88. The van der Waals surface area contributed by atoms with Crippen LogP contribution in [0.4, 0.5) is 5.69 Å². The average Bonchev–Trinajstić information content (AvgIpc) is 2.42. The van der Waals surface area contributed by atoms with Gasteiger partial charge in [-0.05, 0) is 30.7 Å². The zero-order valence-corrected chi connectivity index (χ0v) is 12.3. The van der Waals surface area contributed by atoms with Crippen molar-refractivity contribution in [2.45, 2.75) is 19.1 Å². The van der Waals surface area contributed by atoms with Crippen LogP contribution in [-0.4, -0.2) is 48.3 Å². The second-order valence-electron chi connectivity index (χ2n) is 4.88. The molecule has 1 rings (SSSR count). The molecule has 1 aromatic carbocycles. The number of nitrogens with zero attached hydrogens (tertiary/aromatic N) is 1. The lowest BCUT2D eigenvalue weighted by atomic mass is 10.1. The standard InChI is InChI=1S/C15H20N2O4/c1-10(18)14(15(20)21)16-13(19)9-6-11-4-7-12(8-5-11)17(2)3/h4-10,14,18H,1-3H3,(H,16,19)(H,20,21)/b9-6+/t10-,14+/m1/s1. The number of aliphatic carboxylic acids is 1. The highest BCUT2D eigenvalue weighted by atomic mass is 16.4. The summed E-state index contributed by atoms with van der Waals surface area (Å²) in [6, 6.07) is 6.20. The Morgan fingerprint density at radius 3 is 2.24 bits per heavy atom. The van der Waals surface area contributed by atoms with Gasteiger partial charge in [0.25, 0.3) is 0 Å². The van der Waals surface area contributed by atoms with Crippen molar-refractivity contribution in [2.75, 3.05) is 19.0 Å². The Bertz CT molecular complexity index is 521. The summed E-state index contributed by atoms with van der Waals surface area (Å²) >= 11 is 0. The van der Waals surface area contributed by atoms with Crippen molar-refractivity contribution in [2.24, 2.45) is 0 Å². The van der Waals surface area contributed by atoms with Crippen LogP contribution in [0, 0.1) is 0 Å². The van der Waals surface area contributed by atoms with E-state index >= 15 is 0 Å². The second kappa shape index (κ2) is 7.44. The van der Waals surface area contributed by atoms with Gasteiger partial charge in [-0.1, -0.05) is 12.1 Å². The first-order valence-corrected chi connectivity index (χ1v) is 6.48. The van der Waals surface area contributed by atoms with E-state index < -0.39 is 24.0 Å². The molecule has 0 spiro atoms. The van der Waals surface area contributed by atoms with Crippen LogP contribution in [-0.2, 0) is 9.59 Å². The molecule has 1 aromatic rings. The molecular formula is C15H20N2O4. The van der Waals surface area contributed by atoms with Gasteiger partial charge in [-0.2, -0.15) is 0 Å². The SMILES string of the molecule is C[C@@H](O)[C@H](NC(=O)/C=C/c1ccc(N(C)C)cc1)C(=O)O. The van der Waals surface area contributed by atoms with Crippen LogP contribution in [0.25, 0.3) is 6.08 Å². The number of benzene rings is 1. The third-order valence-electron chi connectivity index (χ3n) is 2.88. The Labute approximate surface area is 123 Å². The lowest BCUT2D eigenvalue weighted by Gasteiger charge is -2.15. The van der Waals surface area contributed by atoms with Gasteiger partial charge in [0, 0.05) is 25.9 Å². The molecular weight excluding hydrogens is 272 g/mol. The molecule has 0 aliphatic carbocycles. The number of hydrogen-bond donors (Lipinski definition) is 3. The van der Waals surface area contributed by atoms with Gasteiger partial charge >= 0.3 is 5.97 Å². The third kappa shape index (κ3) is 5.27. The largest absolute Gasteiger partial charge is 0.480 e. The monoisotopic (exact) mass is 292 g/mol. The summed E-state index contributed by atoms with van der Waals surface area (Å²) in [6.07, 6.45) is 1.65. The first kappa shape index (κ1) is 16.7. The lowest BCUT2D eigenvalue weighted by molar-refractivity contribution is -0.144. The van der Waals surface area contributed by atoms with E-state index in [0.717, 1.165) is 11.3 Å². The van der Waals surface area contributed by atoms with Gasteiger partial charge in [0.2, 0.25) is 5.91 Å². The molecule has 0 aromatic heterocycles. The van der Waals surface area contributed by atoms with Crippen LogP contribution < -0.4 is 10.2 Å². The fourth-order valence-corrected chi connectivity index (χ4v) is 1.65. The summed E-state index contributed by atoms with van der Waals surface area (Å²) in [5, 5.41) is 20.4. The van der Waals surface area contributed by atoms with Crippen molar-refractivity contribution in [3.05, 3.63) is 35.9 Å². The van der Waals surface area contributed by atoms with Crippen molar-refractivity contribution >= 4 is 23.6 Å². The zero-order valence-electron chi connectivity index (χ0n) is 12.3.